The van der Waals surface area contributed by atoms with E-state index in [1.165, 1.54) is 6.07 Å². The average molecular weight is 374 g/mol. The third-order valence-electron chi connectivity index (χ3n) is 3.92. The molecule has 0 unspecified atom stereocenters. The minimum atomic E-state index is -0.745. The highest BCUT2D eigenvalue weighted by molar-refractivity contribution is 6.31. The number of anilines is 1. The molecular weight excluding hydrogens is 362 g/mol. The molecule has 3 amide bonds. The van der Waals surface area contributed by atoms with Gasteiger partial charge in [-0.05, 0) is 30.7 Å². The first-order valence-corrected chi connectivity index (χ1v) is 7.86. The first kappa shape index (κ1) is 17.6. The van der Waals surface area contributed by atoms with Crippen molar-refractivity contribution in [1.82, 2.24) is 4.90 Å². The number of halogens is 1. The van der Waals surface area contributed by atoms with Crippen LogP contribution in [0.3, 0.4) is 0 Å². The quantitative estimate of drug-likeness (QED) is 0.503. The van der Waals surface area contributed by atoms with Crippen LogP contribution in [0.1, 0.15) is 26.3 Å². The highest BCUT2D eigenvalue weighted by atomic mass is 35.5. The second-order valence-electron chi connectivity index (χ2n) is 5.70. The number of carbonyl (C=O) groups excluding carboxylic acids is 3. The van der Waals surface area contributed by atoms with Crippen molar-refractivity contribution in [3.63, 3.8) is 0 Å². The van der Waals surface area contributed by atoms with Crippen molar-refractivity contribution in [2.45, 2.75) is 6.92 Å². The smallest absolute Gasteiger partial charge is 0.270 e. The van der Waals surface area contributed by atoms with Crippen LogP contribution >= 0.6 is 11.6 Å². The zero-order valence-corrected chi connectivity index (χ0v) is 14.2. The highest BCUT2D eigenvalue weighted by Crippen LogP contribution is 2.27. The average Bonchev–Trinajstić information content (AvgIpc) is 2.82. The number of hydrogen-bond donors (Lipinski definition) is 1. The molecule has 9 heteroatoms. The summed E-state index contributed by atoms with van der Waals surface area (Å²) in [5, 5.41) is 13.8. The van der Waals surface area contributed by atoms with Gasteiger partial charge in [0.05, 0.1) is 16.1 Å². The molecule has 1 aliphatic rings. The first-order chi connectivity index (χ1) is 12.3. The number of aryl methyl sites for hydroxylation is 1. The third-order valence-corrected chi connectivity index (χ3v) is 4.33. The molecule has 132 valence electrons. The number of hydrogen-bond acceptors (Lipinski definition) is 5. The van der Waals surface area contributed by atoms with Crippen molar-refractivity contribution in [2.75, 3.05) is 11.9 Å². The molecule has 26 heavy (non-hydrogen) atoms. The molecule has 0 bridgehead atoms. The SMILES string of the molecule is Cc1ccc(NC(=O)CN2C(=O)c3ccc([N+](=O)[O-])cc3C2=O)cc1Cl. The zero-order valence-electron chi connectivity index (χ0n) is 13.5. The van der Waals surface area contributed by atoms with Crippen LogP contribution in [0.25, 0.3) is 0 Å². The summed E-state index contributed by atoms with van der Waals surface area (Å²) in [5.74, 6) is -2.00. The van der Waals surface area contributed by atoms with Gasteiger partial charge < -0.3 is 5.32 Å². The number of amides is 3. The van der Waals surface area contributed by atoms with E-state index in [0.29, 0.717) is 10.7 Å². The Bertz CT molecular complexity index is 973. The van der Waals surface area contributed by atoms with Gasteiger partial charge in [-0.15, -0.1) is 0 Å². The van der Waals surface area contributed by atoms with Gasteiger partial charge in [-0.3, -0.25) is 29.4 Å². The summed E-state index contributed by atoms with van der Waals surface area (Å²) in [4.78, 5) is 47.7. The molecule has 1 heterocycles. The van der Waals surface area contributed by atoms with E-state index in [4.69, 9.17) is 11.6 Å². The van der Waals surface area contributed by atoms with Gasteiger partial charge in [0.1, 0.15) is 6.54 Å². The molecule has 0 atom stereocenters. The van der Waals surface area contributed by atoms with Gasteiger partial charge in [0, 0.05) is 22.8 Å². The molecule has 3 rings (SSSR count). The molecule has 8 nitrogen and oxygen atoms in total. The number of imide groups is 1. The maximum absolute atomic E-state index is 12.4. The summed E-state index contributed by atoms with van der Waals surface area (Å²) in [6.45, 7) is 1.30. The van der Waals surface area contributed by atoms with Gasteiger partial charge in [-0.2, -0.15) is 0 Å². The van der Waals surface area contributed by atoms with Crippen molar-refractivity contribution in [2.24, 2.45) is 0 Å². The Labute approximate surface area is 152 Å². The lowest BCUT2D eigenvalue weighted by molar-refractivity contribution is -0.384. The van der Waals surface area contributed by atoms with Crippen LogP contribution in [-0.4, -0.2) is 34.1 Å². The third kappa shape index (κ3) is 3.14. The lowest BCUT2D eigenvalue weighted by Crippen LogP contribution is -2.37. The molecule has 1 N–H and O–H groups in total. The van der Waals surface area contributed by atoms with E-state index in [9.17, 15) is 24.5 Å². The van der Waals surface area contributed by atoms with Crippen LogP contribution in [0.4, 0.5) is 11.4 Å². The second kappa shape index (κ2) is 6.57. The van der Waals surface area contributed by atoms with E-state index in [1.807, 2.05) is 6.92 Å². The Morgan fingerprint density at radius 2 is 1.85 bits per heavy atom. The van der Waals surface area contributed by atoms with Gasteiger partial charge >= 0.3 is 0 Å². The van der Waals surface area contributed by atoms with Gasteiger partial charge in [-0.1, -0.05) is 17.7 Å². The molecule has 0 spiro atoms. The van der Waals surface area contributed by atoms with Crippen LogP contribution in [0, 0.1) is 17.0 Å². The van der Waals surface area contributed by atoms with E-state index < -0.39 is 29.2 Å². The first-order valence-electron chi connectivity index (χ1n) is 7.48. The van der Waals surface area contributed by atoms with E-state index in [1.54, 1.807) is 18.2 Å². The van der Waals surface area contributed by atoms with E-state index in [0.717, 1.165) is 22.6 Å². The Balaban J connectivity index is 1.76. The van der Waals surface area contributed by atoms with Crippen molar-refractivity contribution in [1.29, 1.82) is 0 Å². The lowest BCUT2D eigenvalue weighted by Gasteiger charge is -2.14. The molecule has 0 saturated carbocycles. The molecule has 0 radical (unpaired) electrons. The van der Waals surface area contributed by atoms with E-state index in [-0.39, 0.29) is 16.8 Å². The van der Waals surface area contributed by atoms with Crippen LogP contribution in [0.2, 0.25) is 5.02 Å². The molecule has 2 aromatic carbocycles. The van der Waals surface area contributed by atoms with Crippen molar-refractivity contribution in [3.8, 4) is 0 Å². The summed E-state index contributed by atoms with van der Waals surface area (Å²) in [7, 11) is 0. The number of carbonyl (C=O) groups is 3. The summed E-state index contributed by atoms with van der Waals surface area (Å²) >= 11 is 5.99. The number of fused-ring (bicyclic) bond motifs is 1. The predicted octanol–water partition coefficient (Wildman–Crippen LogP) is 2.79. The Morgan fingerprint density at radius 1 is 1.15 bits per heavy atom. The molecule has 0 saturated heterocycles. The number of rotatable bonds is 4. The summed E-state index contributed by atoms with van der Waals surface area (Å²) in [5.41, 5.74) is 0.914. The van der Waals surface area contributed by atoms with Gasteiger partial charge in [-0.25, -0.2) is 0 Å². The van der Waals surface area contributed by atoms with Crippen molar-refractivity contribution in [3.05, 3.63) is 68.2 Å². The number of nitro groups is 1. The molecule has 1 aliphatic heterocycles. The Morgan fingerprint density at radius 3 is 2.50 bits per heavy atom. The van der Waals surface area contributed by atoms with Crippen LogP contribution in [-0.2, 0) is 4.79 Å². The van der Waals surface area contributed by atoms with E-state index in [2.05, 4.69) is 5.32 Å². The molecule has 0 aliphatic carbocycles. The molecule has 0 aromatic heterocycles. The maximum Gasteiger partial charge on any atom is 0.270 e. The van der Waals surface area contributed by atoms with Crippen LogP contribution < -0.4 is 5.32 Å². The van der Waals surface area contributed by atoms with Gasteiger partial charge in [0.2, 0.25) is 5.91 Å². The summed E-state index contributed by atoms with van der Waals surface area (Å²) < 4.78 is 0. The number of nitrogens with zero attached hydrogens (tertiary/aromatic N) is 2. The molecule has 2 aromatic rings. The van der Waals surface area contributed by atoms with Gasteiger partial charge in [0.15, 0.2) is 0 Å². The minimum absolute atomic E-state index is 0.0341. The monoisotopic (exact) mass is 373 g/mol. The topological polar surface area (TPSA) is 110 Å². The standard InChI is InChI=1S/C17H12ClN3O5/c1-9-2-3-10(6-14(9)18)19-15(22)8-20-16(23)12-5-4-11(21(25)26)7-13(12)17(20)24/h2-7H,8H2,1H3,(H,19,22). The number of non-ortho nitro benzene ring substituents is 1. The molecular formula is C17H12ClN3O5. The lowest BCUT2D eigenvalue weighted by atomic mass is 10.1. The largest absolute Gasteiger partial charge is 0.324 e. The predicted molar refractivity (Wildman–Crippen MR) is 93.3 cm³/mol. The fraction of sp³-hybridized carbons (Fsp3) is 0.118. The molecule has 0 fully saturated rings. The normalized spacial score (nSPS) is 12.9. The number of nitro benzene ring substituents is 1. The highest BCUT2D eigenvalue weighted by Gasteiger charge is 2.37. The number of benzene rings is 2. The Kier molecular flexibility index (Phi) is 4.43. The second-order valence-corrected chi connectivity index (χ2v) is 6.10. The van der Waals surface area contributed by atoms with Crippen LogP contribution in [0.15, 0.2) is 36.4 Å². The van der Waals surface area contributed by atoms with Crippen LogP contribution in [0.5, 0.6) is 0 Å². The minimum Gasteiger partial charge on any atom is -0.324 e. The Hall–Kier alpha value is -3.26. The summed E-state index contributed by atoms with van der Waals surface area (Å²) in [6.07, 6.45) is 0. The van der Waals surface area contributed by atoms with Crippen molar-refractivity contribution >= 4 is 40.7 Å². The number of nitrogens with one attached hydrogen (secondary N) is 1. The fourth-order valence-electron chi connectivity index (χ4n) is 2.55. The van der Waals surface area contributed by atoms with Crippen molar-refractivity contribution < 1.29 is 19.3 Å². The van der Waals surface area contributed by atoms with Gasteiger partial charge in [0.25, 0.3) is 17.5 Å². The summed E-state index contributed by atoms with van der Waals surface area (Å²) in [6, 6.07) is 8.31. The maximum atomic E-state index is 12.4. The fourth-order valence-corrected chi connectivity index (χ4v) is 2.73. The van der Waals surface area contributed by atoms with E-state index >= 15 is 0 Å². The zero-order chi connectivity index (χ0) is 19.0.